The largest absolute Gasteiger partial charge is 0.366 e. The van der Waals surface area contributed by atoms with Crippen molar-refractivity contribution in [3.63, 3.8) is 0 Å². The van der Waals surface area contributed by atoms with Gasteiger partial charge in [0.15, 0.2) is 0 Å². The number of rotatable bonds is 3. The Morgan fingerprint density at radius 3 is 2.95 bits per heavy atom. The van der Waals surface area contributed by atoms with Gasteiger partial charge in [0.1, 0.15) is 12.4 Å². The lowest BCUT2D eigenvalue weighted by molar-refractivity contribution is -0.115. The maximum Gasteiger partial charge on any atom is 0.248 e. The molecule has 3 rings (SSSR count). The third kappa shape index (κ3) is 1.77. The zero-order valence-electron chi connectivity index (χ0n) is 11.2. The lowest BCUT2D eigenvalue weighted by Gasteiger charge is -2.26. The number of carbonyl (C=O) groups is 1. The van der Waals surface area contributed by atoms with E-state index in [0.717, 1.165) is 12.1 Å². The van der Waals surface area contributed by atoms with Crippen molar-refractivity contribution in [1.82, 2.24) is 24.5 Å². The fraction of sp³-hybridized carbons (Fsp3) is 0.333. The van der Waals surface area contributed by atoms with Crippen LogP contribution in [0.2, 0.25) is 0 Å². The van der Waals surface area contributed by atoms with E-state index in [1.54, 1.807) is 22.5 Å². The Labute approximate surface area is 115 Å². The minimum absolute atomic E-state index is 0.397. The third-order valence-corrected chi connectivity index (χ3v) is 3.35. The Morgan fingerprint density at radius 2 is 2.30 bits per heavy atom. The molecule has 0 spiro atoms. The van der Waals surface area contributed by atoms with Crippen molar-refractivity contribution in [3.05, 3.63) is 35.6 Å². The number of anilines is 1. The van der Waals surface area contributed by atoms with Gasteiger partial charge in [0.2, 0.25) is 11.9 Å². The first kappa shape index (κ1) is 12.4. The Bertz CT molecular complexity index is 696. The van der Waals surface area contributed by atoms with Crippen LogP contribution < -0.4 is 11.1 Å². The first-order chi connectivity index (χ1) is 9.61. The number of nitrogens with zero attached hydrogens (tertiary/aromatic N) is 5. The molecule has 3 N–H and O–H groups in total. The van der Waals surface area contributed by atoms with Gasteiger partial charge in [-0.1, -0.05) is 0 Å². The van der Waals surface area contributed by atoms with Crippen LogP contribution in [0.25, 0.3) is 0 Å². The summed E-state index contributed by atoms with van der Waals surface area (Å²) in [5.74, 6) is 0.104. The second-order valence-electron chi connectivity index (χ2n) is 4.59. The van der Waals surface area contributed by atoms with Crippen molar-refractivity contribution < 1.29 is 4.79 Å². The number of fused-ring (bicyclic) bond motifs is 1. The normalized spacial score (nSPS) is 17.8. The molecule has 0 radical (unpaired) electrons. The van der Waals surface area contributed by atoms with E-state index in [-0.39, 0.29) is 0 Å². The second-order valence-corrected chi connectivity index (χ2v) is 4.59. The van der Waals surface area contributed by atoms with Crippen molar-refractivity contribution >= 4 is 11.9 Å². The Balaban J connectivity index is 2.16. The van der Waals surface area contributed by atoms with Crippen LogP contribution in [0.15, 0.2) is 30.0 Å². The lowest BCUT2D eigenvalue weighted by Crippen LogP contribution is -2.31. The van der Waals surface area contributed by atoms with Gasteiger partial charge in [0.25, 0.3) is 0 Å². The highest BCUT2D eigenvalue weighted by Crippen LogP contribution is 2.33. The average Bonchev–Trinajstić information content (AvgIpc) is 3.04. The average molecular weight is 273 g/mol. The van der Waals surface area contributed by atoms with E-state index in [9.17, 15) is 4.79 Å². The predicted octanol–water partition coefficient (Wildman–Crippen LogP) is 0.269. The Hall–Kier alpha value is -2.64. The number of hydrogen-bond acceptors (Lipinski definition) is 5. The highest BCUT2D eigenvalue weighted by Gasteiger charge is 2.32. The van der Waals surface area contributed by atoms with Crippen LogP contribution in [-0.4, -0.2) is 30.5 Å². The van der Waals surface area contributed by atoms with Crippen LogP contribution in [0.5, 0.6) is 0 Å². The first-order valence-electron chi connectivity index (χ1n) is 6.31. The molecule has 104 valence electrons. The number of nitrogens with one attached hydrogen (secondary N) is 1. The maximum absolute atomic E-state index is 11.8. The summed E-state index contributed by atoms with van der Waals surface area (Å²) in [6.45, 7) is 4.55. The van der Waals surface area contributed by atoms with E-state index in [0.29, 0.717) is 17.2 Å². The number of aryl methyl sites for hydroxylation is 1. The Morgan fingerprint density at radius 1 is 1.50 bits per heavy atom. The van der Waals surface area contributed by atoms with Crippen LogP contribution in [0.4, 0.5) is 5.95 Å². The van der Waals surface area contributed by atoms with Crippen LogP contribution in [-0.2, 0) is 11.3 Å². The van der Waals surface area contributed by atoms with Crippen LogP contribution in [0.1, 0.15) is 25.5 Å². The molecule has 2 aromatic heterocycles. The third-order valence-electron chi connectivity index (χ3n) is 3.35. The van der Waals surface area contributed by atoms with Crippen molar-refractivity contribution in [1.29, 1.82) is 0 Å². The fourth-order valence-electron chi connectivity index (χ4n) is 2.41. The molecule has 8 heteroatoms. The van der Waals surface area contributed by atoms with E-state index < -0.39 is 11.9 Å². The van der Waals surface area contributed by atoms with Gasteiger partial charge >= 0.3 is 0 Å². The molecule has 0 aromatic carbocycles. The summed E-state index contributed by atoms with van der Waals surface area (Å²) in [4.78, 5) is 15.9. The van der Waals surface area contributed by atoms with E-state index in [4.69, 9.17) is 5.73 Å². The van der Waals surface area contributed by atoms with E-state index in [2.05, 4.69) is 20.5 Å². The van der Waals surface area contributed by atoms with Gasteiger partial charge in [0.05, 0.1) is 11.8 Å². The number of hydrogen-bond donors (Lipinski definition) is 2. The molecule has 2 aromatic rings. The molecule has 1 atom stereocenters. The predicted molar refractivity (Wildman–Crippen MR) is 71.6 cm³/mol. The molecule has 1 aliphatic heterocycles. The molecule has 0 aliphatic carbocycles. The zero-order chi connectivity index (χ0) is 14.3. The number of aromatic nitrogens is 5. The van der Waals surface area contributed by atoms with E-state index >= 15 is 0 Å². The summed E-state index contributed by atoms with van der Waals surface area (Å²) in [6, 6.07) is -0.397. The van der Waals surface area contributed by atoms with Crippen molar-refractivity contribution in [2.45, 2.75) is 26.4 Å². The molecule has 1 aliphatic rings. The van der Waals surface area contributed by atoms with Gasteiger partial charge in [-0.25, -0.2) is 4.68 Å². The number of primary amides is 1. The highest BCUT2D eigenvalue weighted by atomic mass is 16.1. The van der Waals surface area contributed by atoms with Crippen LogP contribution in [0.3, 0.4) is 0 Å². The van der Waals surface area contributed by atoms with Crippen LogP contribution >= 0.6 is 0 Å². The standard InChI is InChI=1S/C12H15N7O/c1-3-18-5-8(4-15-18)10-9(11(13)20)7(2)17-12-14-6-16-19(10)12/h4-6,10H,3H2,1-2H3,(H2,13,20)(H,14,16,17)/t10-/m0/s1. The summed E-state index contributed by atoms with van der Waals surface area (Å²) in [6.07, 6.45) is 5.05. The molecular weight excluding hydrogens is 258 g/mol. The zero-order valence-corrected chi connectivity index (χ0v) is 11.2. The summed E-state index contributed by atoms with van der Waals surface area (Å²) < 4.78 is 3.44. The molecule has 20 heavy (non-hydrogen) atoms. The molecule has 0 saturated heterocycles. The lowest BCUT2D eigenvalue weighted by atomic mass is 9.98. The molecule has 1 amide bonds. The first-order valence-corrected chi connectivity index (χ1v) is 6.31. The molecule has 0 unspecified atom stereocenters. The van der Waals surface area contributed by atoms with Crippen molar-refractivity contribution in [3.8, 4) is 0 Å². The molecule has 0 bridgehead atoms. The Kier molecular flexibility index (Phi) is 2.78. The fourth-order valence-corrected chi connectivity index (χ4v) is 2.41. The molecule has 0 fully saturated rings. The summed E-state index contributed by atoms with van der Waals surface area (Å²) >= 11 is 0. The number of allylic oxidation sites excluding steroid dienone is 1. The smallest absolute Gasteiger partial charge is 0.248 e. The maximum atomic E-state index is 11.8. The summed E-state index contributed by atoms with van der Waals surface area (Å²) in [5, 5.41) is 11.5. The second kappa shape index (κ2) is 4.48. The minimum atomic E-state index is -0.481. The van der Waals surface area contributed by atoms with Gasteiger partial charge in [-0.05, 0) is 13.8 Å². The number of carbonyl (C=O) groups excluding carboxylic acids is 1. The van der Waals surface area contributed by atoms with Gasteiger partial charge in [0, 0.05) is 24.0 Å². The van der Waals surface area contributed by atoms with Gasteiger partial charge in [-0.15, -0.1) is 0 Å². The van der Waals surface area contributed by atoms with E-state index in [1.165, 1.54) is 6.33 Å². The number of nitrogens with two attached hydrogens (primary N) is 1. The highest BCUT2D eigenvalue weighted by molar-refractivity contribution is 5.95. The topological polar surface area (TPSA) is 104 Å². The number of amides is 1. The molecule has 3 heterocycles. The van der Waals surface area contributed by atoms with Crippen LogP contribution in [0, 0.1) is 0 Å². The van der Waals surface area contributed by atoms with Gasteiger partial charge in [-0.2, -0.15) is 15.2 Å². The molecule has 0 saturated carbocycles. The SMILES string of the molecule is CCn1cc([C@H]2C(C(N)=O)=C(C)Nc3ncnn32)cn1. The summed E-state index contributed by atoms with van der Waals surface area (Å²) in [5.41, 5.74) is 7.54. The van der Waals surface area contributed by atoms with E-state index in [1.807, 2.05) is 13.1 Å². The molecular formula is C12H15N7O. The quantitative estimate of drug-likeness (QED) is 0.835. The van der Waals surface area contributed by atoms with Crippen molar-refractivity contribution in [2.75, 3.05) is 5.32 Å². The molecule has 8 nitrogen and oxygen atoms in total. The summed E-state index contributed by atoms with van der Waals surface area (Å²) in [7, 11) is 0. The van der Waals surface area contributed by atoms with Gasteiger partial charge in [-0.3, -0.25) is 9.48 Å². The minimum Gasteiger partial charge on any atom is -0.366 e. The van der Waals surface area contributed by atoms with Crippen molar-refractivity contribution in [2.24, 2.45) is 5.73 Å². The van der Waals surface area contributed by atoms with Gasteiger partial charge < -0.3 is 11.1 Å². The monoisotopic (exact) mass is 273 g/mol.